The van der Waals surface area contributed by atoms with Crippen LogP contribution in [-0.2, 0) is 16.0 Å². The van der Waals surface area contributed by atoms with Crippen molar-refractivity contribution in [3.8, 4) is 0 Å². The lowest BCUT2D eigenvalue weighted by atomic mass is 9.89. The van der Waals surface area contributed by atoms with Crippen molar-refractivity contribution in [1.82, 2.24) is 10.2 Å². The van der Waals surface area contributed by atoms with Crippen molar-refractivity contribution in [3.05, 3.63) is 35.1 Å². The van der Waals surface area contributed by atoms with Crippen molar-refractivity contribution in [1.29, 1.82) is 0 Å². The molecule has 8 heteroatoms. The van der Waals surface area contributed by atoms with Crippen LogP contribution < -0.4 is 11.1 Å². The molecule has 0 aliphatic carbocycles. The third-order valence-electron chi connectivity index (χ3n) is 4.95. The average molecular weight is 355 g/mol. The van der Waals surface area contributed by atoms with Crippen LogP contribution >= 0.6 is 0 Å². The van der Waals surface area contributed by atoms with Gasteiger partial charge >= 0.3 is 0 Å². The molecule has 2 saturated heterocycles. The van der Waals surface area contributed by atoms with Gasteiger partial charge in [0.25, 0.3) is 0 Å². The first-order chi connectivity index (χ1) is 11.8. The van der Waals surface area contributed by atoms with Crippen LogP contribution in [0.3, 0.4) is 0 Å². The van der Waals surface area contributed by atoms with E-state index >= 15 is 0 Å². The Hall–Kier alpha value is -2.09. The minimum absolute atomic E-state index is 0.000983. The molecule has 0 aromatic heterocycles. The van der Waals surface area contributed by atoms with Gasteiger partial charge in [0.05, 0.1) is 0 Å². The van der Waals surface area contributed by atoms with E-state index in [9.17, 15) is 22.8 Å². The summed E-state index contributed by atoms with van der Waals surface area (Å²) in [6.45, 7) is 1.65. The highest BCUT2D eigenvalue weighted by Crippen LogP contribution is 2.29. The van der Waals surface area contributed by atoms with Crippen molar-refractivity contribution in [2.45, 2.75) is 25.3 Å². The number of rotatable bonds is 4. The molecule has 2 aliphatic heterocycles. The van der Waals surface area contributed by atoms with E-state index in [1.54, 1.807) is 4.90 Å². The van der Waals surface area contributed by atoms with Gasteiger partial charge in [-0.1, -0.05) is 0 Å². The van der Waals surface area contributed by atoms with Crippen molar-refractivity contribution >= 4 is 11.8 Å². The summed E-state index contributed by atoms with van der Waals surface area (Å²) in [6, 6.07) is 0.555. The number of fused-ring (bicyclic) bond motifs is 1. The number of likely N-dealkylation sites (tertiary alicyclic amines) is 1. The van der Waals surface area contributed by atoms with Gasteiger partial charge in [-0.25, -0.2) is 13.2 Å². The van der Waals surface area contributed by atoms with Crippen LogP contribution in [0.1, 0.15) is 18.4 Å². The maximum absolute atomic E-state index is 13.7. The number of hydrogen-bond acceptors (Lipinski definition) is 3. The normalized spacial score (nSPS) is 24.0. The average Bonchev–Trinajstić information content (AvgIpc) is 2.95. The second kappa shape index (κ2) is 7.03. The van der Waals surface area contributed by atoms with Crippen LogP contribution in [0.15, 0.2) is 12.1 Å². The van der Waals surface area contributed by atoms with Crippen LogP contribution in [0.4, 0.5) is 13.2 Å². The number of benzene rings is 1. The van der Waals surface area contributed by atoms with Gasteiger partial charge in [0.1, 0.15) is 5.82 Å². The third-order valence-corrected chi connectivity index (χ3v) is 4.95. The predicted octanol–water partition coefficient (Wildman–Crippen LogP) is 0.958. The molecule has 25 heavy (non-hydrogen) atoms. The second-order valence-corrected chi connectivity index (χ2v) is 6.85. The van der Waals surface area contributed by atoms with E-state index in [-0.39, 0.29) is 42.1 Å². The summed E-state index contributed by atoms with van der Waals surface area (Å²) in [7, 11) is 0. The lowest BCUT2D eigenvalue weighted by Crippen LogP contribution is -2.40. The lowest BCUT2D eigenvalue weighted by molar-refractivity contribution is -0.131. The molecule has 3 unspecified atom stereocenters. The highest BCUT2D eigenvalue weighted by Gasteiger charge is 2.39. The summed E-state index contributed by atoms with van der Waals surface area (Å²) in [4.78, 5) is 25.5. The van der Waals surface area contributed by atoms with Gasteiger partial charge in [-0.2, -0.15) is 0 Å². The fraction of sp³-hybridized carbons (Fsp3) is 0.529. The molecular weight excluding hydrogens is 335 g/mol. The largest absolute Gasteiger partial charge is 0.356 e. The van der Waals surface area contributed by atoms with Crippen molar-refractivity contribution in [3.63, 3.8) is 0 Å². The van der Waals surface area contributed by atoms with Gasteiger partial charge in [0.15, 0.2) is 11.6 Å². The Morgan fingerprint density at radius 3 is 2.64 bits per heavy atom. The van der Waals surface area contributed by atoms with Crippen LogP contribution in [0.5, 0.6) is 0 Å². The van der Waals surface area contributed by atoms with E-state index in [0.29, 0.717) is 32.1 Å². The first-order valence-electron chi connectivity index (χ1n) is 8.27. The van der Waals surface area contributed by atoms with Gasteiger partial charge in [0, 0.05) is 44.6 Å². The number of nitrogens with zero attached hydrogens (tertiary/aromatic N) is 1. The Labute approximate surface area is 143 Å². The zero-order chi connectivity index (χ0) is 18.1. The molecule has 1 aromatic rings. The molecule has 0 radical (unpaired) electrons. The Balaban J connectivity index is 1.56. The van der Waals surface area contributed by atoms with Crippen LogP contribution in [0.2, 0.25) is 0 Å². The first kappa shape index (κ1) is 17.7. The van der Waals surface area contributed by atoms with E-state index < -0.39 is 23.5 Å². The van der Waals surface area contributed by atoms with E-state index in [1.165, 1.54) is 0 Å². The lowest BCUT2D eigenvalue weighted by Gasteiger charge is -2.23. The van der Waals surface area contributed by atoms with E-state index in [2.05, 4.69) is 5.32 Å². The summed E-state index contributed by atoms with van der Waals surface area (Å²) < 4.78 is 39.8. The number of carbonyl (C=O) groups excluding carboxylic acids is 2. The number of piperidine rings is 1. The van der Waals surface area contributed by atoms with Gasteiger partial charge in [-0.15, -0.1) is 0 Å². The highest BCUT2D eigenvalue weighted by atomic mass is 19.2. The Morgan fingerprint density at radius 2 is 1.88 bits per heavy atom. The molecular formula is C17H20F3N3O2. The molecule has 5 nitrogen and oxygen atoms in total. The van der Waals surface area contributed by atoms with E-state index in [4.69, 9.17) is 5.73 Å². The molecule has 2 fully saturated rings. The summed E-state index contributed by atoms with van der Waals surface area (Å²) in [5.41, 5.74) is 5.85. The van der Waals surface area contributed by atoms with E-state index in [0.717, 1.165) is 6.07 Å². The molecule has 0 spiro atoms. The molecule has 1 aromatic carbocycles. The number of nitrogens with two attached hydrogens (primary N) is 1. The Morgan fingerprint density at radius 1 is 1.20 bits per heavy atom. The number of amides is 2. The van der Waals surface area contributed by atoms with Crippen LogP contribution in [0.25, 0.3) is 0 Å². The fourth-order valence-corrected chi connectivity index (χ4v) is 3.59. The predicted molar refractivity (Wildman–Crippen MR) is 83.8 cm³/mol. The molecule has 3 rings (SSSR count). The van der Waals surface area contributed by atoms with Crippen LogP contribution in [-0.4, -0.2) is 42.4 Å². The monoisotopic (exact) mass is 355 g/mol. The molecule has 2 aliphatic rings. The molecule has 2 heterocycles. The summed E-state index contributed by atoms with van der Waals surface area (Å²) >= 11 is 0. The standard InChI is InChI=1S/C17H20F3N3O2/c18-13-5-15(20)14(19)2-9(13)1-12(21)4-17(25)23-7-10-3-16(24)22-6-11(10)8-23/h2,5,10-12H,1,3-4,6-8,21H2,(H,22,24). The molecule has 0 saturated carbocycles. The zero-order valence-electron chi connectivity index (χ0n) is 13.6. The maximum Gasteiger partial charge on any atom is 0.224 e. The maximum atomic E-state index is 13.7. The van der Waals surface area contributed by atoms with Gasteiger partial charge < -0.3 is 16.0 Å². The van der Waals surface area contributed by atoms with Gasteiger partial charge in [0.2, 0.25) is 11.8 Å². The minimum atomic E-state index is -1.26. The van der Waals surface area contributed by atoms with Gasteiger partial charge in [-0.05, 0) is 29.9 Å². The Kier molecular flexibility index (Phi) is 4.99. The quantitative estimate of drug-likeness (QED) is 0.790. The minimum Gasteiger partial charge on any atom is -0.356 e. The van der Waals surface area contributed by atoms with Crippen molar-refractivity contribution in [2.24, 2.45) is 17.6 Å². The third kappa shape index (κ3) is 3.95. The van der Waals surface area contributed by atoms with Crippen molar-refractivity contribution in [2.75, 3.05) is 19.6 Å². The number of nitrogens with one attached hydrogen (secondary N) is 1. The van der Waals surface area contributed by atoms with Crippen molar-refractivity contribution < 1.29 is 22.8 Å². The fourth-order valence-electron chi connectivity index (χ4n) is 3.59. The van der Waals surface area contributed by atoms with E-state index in [1.807, 2.05) is 0 Å². The molecule has 0 bridgehead atoms. The summed E-state index contributed by atoms with van der Waals surface area (Å²) in [5, 5.41) is 2.79. The number of carbonyl (C=O) groups is 2. The zero-order valence-corrected chi connectivity index (χ0v) is 13.6. The highest BCUT2D eigenvalue weighted by molar-refractivity contribution is 5.79. The molecule has 3 N–H and O–H groups in total. The number of hydrogen-bond donors (Lipinski definition) is 2. The molecule has 3 atom stereocenters. The van der Waals surface area contributed by atoms with Gasteiger partial charge in [-0.3, -0.25) is 9.59 Å². The SMILES string of the molecule is NC(CC(=O)N1CC2CNC(=O)CC2C1)Cc1cc(F)c(F)cc1F. The molecule has 2 amide bonds. The molecule has 136 valence electrons. The number of halogens is 3. The topological polar surface area (TPSA) is 75.4 Å². The Bertz CT molecular complexity index is 698. The van der Waals surface area contributed by atoms with Crippen LogP contribution in [0, 0.1) is 29.3 Å². The first-order valence-corrected chi connectivity index (χ1v) is 8.27. The summed E-state index contributed by atoms with van der Waals surface area (Å²) in [6.07, 6.45) is 0.343. The summed E-state index contributed by atoms with van der Waals surface area (Å²) in [5.74, 6) is -3.03. The second-order valence-electron chi connectivity index (χ2n) is 6.85. The smallest absolute Gasteiger partial charge is 0.224 e.